The minimum absolute atomic E-state index is 0.298. The van der Waals surface area contributed by atoms with Crippen molar-refractivity contribution in [2.24, 2.45) is 5.92 Å². The molecule has 0 aliphatic carbocycles. The molecule has 0 saturated carbocycles. The first-order valence-electron chi connectivity index (χ1n) is 9.68. The third-order valence-corrected chi connectivity index (χ3v) is 5.72. The lowest BCUT2D eigenvalue weighted by Gasteiger charge is -2.34. The van der Waals surface area contributed by atoms with Gasteiger partial charge in [-0.05, 0) is 36.3 Å². The highest BCUT2D eigenvalue weighted by Gasteiger charge is 2.26. The SMILES string of the molecule is COc1cc(N2CCC(CC(=O)N3CCc4ccccc4C3)CC2)ncn1. The summed E-state index contributed by atoms with van der Waals surface area (Å²) in [6.45, 7) is 3.44. The number of ether oxygens (including phenoxy) is 1. The van der Waals surface area contributed by atoms with Crippen LogP contribution in [-0.4, -0.2) is 47.5 Å². The fraction of sp³-hybridized carbons (Fsp3) is 0.476. The maximum absolute atomic E-state index is 12.8. The van der Waals surface area contributed by atoms with Crippen LogP contribution in [0, 0.1) is 5.92 Å². The van der Waals surface area contributed by atoms with E-state index in [4.69, 9.17) is 4.74 Å². The smallest absolute Gasteiger partial charge is 0.223 e. The zero-order valence-electron chi connectivity index (χ0n) is 15.8. The summed E-state index contributed by atoms with van der Waals surface area (Å²) in [5.74, 6) is 2.24. The Labute approximate surface area is 160 Å². The van der Waals surface area contributed by atoms with Gasteiger partial charge in [0.2, 0.25) is 11.8 Å². The van der Waals surface area contributed by atoms with Gasteiger partial charge in [0, 0.05) is 38.7 Å². The fourth-order valence-corrected chi connectivity index (χ4v) is 4.07. The topological polar surface area (TPSA) is 58.6 Å². The molecule has 0 spiro atoms. The molecule has 2 aliphatic heterocycles. The first-order valence-corrected chi connectivity index (χ1v) is 9.68. The molecule has 0 N–H and O–H groups in total. The van der Waals surface area contributed by atoms with Crippen molar-refractivity contribution in [1.82, 2.24) is 14.9 Å². The van der Waals surface area contributed by atoms with Crippen molar-refractivity contribution in [3.05, 3.63) is 47.8 Å². The van der Waals surface area contributed by atoms with Crippen molar-refractivity contribution in [1.29, 1.82) is 0 Å². The molecular formula is C21H26N4O2. The Bertz CT molecular complexity index is 802. The Morgan fingerprint density at radius 3 is 2.70 bits per heavy atom. The van der Waals surface area contributed by atoms with Crippen LogP contribution in [-0.2, 0) is 17.8 Å². The molecule has 0 atom stereocenters. The van der Waals surface area contributed by atoms with E-state index < -0.39 is 0 Å². The van der Waals surface area contributed by atoms with Gasteiger partial charge in [-0.2, -0.15) is 0 Å². The summed E-state index contributed by atoms with van der Waals surface area (Å²) < 4.78 is 5.18. The van der Waals surface area contributed by atoms with Gasteiger partial charge in [-0.1, -0.05) is 24.3 Å². The summed E-state index contributed by atoms with van der Waals surface area (Å²) in [7, 11) is 1.61. The summed E-state index contributed by atoms with van der Waals surface area (Å²) in [4.78, 5) is 25.5. The van der Waals surface area contributed by atoms with E-state index in [1.807, 2.05) is 11.0 Å². The highest BCUT2D eigenvalue weighted by Crippen LogP contribution is 2.27. The Morgan fingerprint density at radius 2 is 1.93 bits per heavy atom. The van der Waals surface area contributed by atoms with Crippen LogP contribution in [0.1, 0.15) is 30.4 Å². The number of carbonyl (C=O) groups excluding carboxylic acids is 1. The normalized spacial score (nSPS) is 17.5. The molecule has 142 valence electrons. The van der Waals surface area contributed by atoms with Gasteiger partial charge in [-0.25, -0.2) is 9.97 Å². The molecule has 0 radical (unpaired) electrons. The Morgan fingerprint density at radius 1 is 1.15 bits per heavy atom. The van der Waals surface area contributed by atoms with E-state index in [1.165, 1.54) is 17.5 Å². The number of methoxy groups -OCH3 is 1. The molecule has 1 aromatic heterocycles. The number of anilines is 1. The minimum Gasteiger partial charge on any atom is -0.481 e. The zero-order chi connectivity index (χ0) is 18.6. The lowest BCUT2D eigenvalue weighted by molar-refractivity contribution is -0.133. The first kappa shape index (κ1) is 17.8. The molecule has 1 aromatic carbocycles. The van der Waals surface area contributed by atoms with Gasteiger partial charge in [-0.15, -0.1) is 0 Å². The van der Waals surface area contributed by atoms with Crippen LogP contribution < -0.4 is 9.64 Å². The number of rotatable bonds is 4. The summed E-state index contributed by atoms with van der Waals surface area (Å²) in [6, 6.07) is 10.3. The number of aromatic nitrogens is 2. The third kappa shape index (κ3) is 4.04. The van der Waals surface area contributed by atoms with Gasteiger partial charge >= 0.3 is 0 Å². The van der Waals surface area contributed by atoms with Crippen molar-refractivity contribution in [2.75, 3.05) is 31.6 Å². The molecule has 6 heteroatoms. The van der Waals surface area contributed by atoms with Gasteiger partial charge in [0.1, 0.15) is 12.1 Å². The second kappa shape index (κ2) is 7.94. The number of benzene rings is 1. The highest BCUT2D eigenvalue weighted by molar-refractivity contribution is 5.76. The average molecular weight is 366 g/mol. The molecule has 0 bridgehead atoms. The van der Waals surface area contributed by atoms with E-state index in [-0.39, 0.29) is 0 Å². The lowest BCUT2D eigenvalue weighted by atomic mass is 9.92. The predicted molar refractivity (Wildman–Crippen MR) is 104 cm³/mol. The summed E-state index contributed by atoms with van der Waals surface area (Å²) in [5, 5.41) is 0. The van der Waals surface area contributed by atoms with Crippen LogP contribution in [0.4, 0.5) is 5.82 Å². The van der Waals surface area contributed by atoms with Gasteiger partial charge in [0.15, 0.2) is 0 Å². The second-order valence-corrected chi connectivity index (χ2v) is 7.39. The Balaban J connectivity index is 1.30. The van der Waals surface area contributed by atoms with Crippen LogP contribution in [0.5, 0.6) is 5.88 Å². The molecule has 0 unspecified atom stereocenters. The molecule has 2 aliphatic rings. The molecule has 27 heavy (non-hydrogen) atoms. The number of carbonyl (C=O) groups is 1. The van der Waals surface area contributed by atoms with Crippen LogP contribution >= 0.6 is 0 Å². The van der Waals surface area contributed by atoms with E-state index in [9.17, 15) is 4.79 Å². The third-order valence-electron chi connectivity index (χ3n) is 5.72. The largest absolute Gasteiger partial charge is 0.481 e. The van der Waals surface area contributed by atoms with E-state index in [2.05, 4.69) is 39.1 Å². The monoisotopic (exact) mass is 366 g/mol. The van der Waals surface area contributed by atoms with E-state index >= 15 is 0 Å². The van der Waals surface area contributed by atoms with E-state index in [1.54, 1.807) is 7.11 Å². The standard InChI is InChI=1S/C21H26N4O2/c1-27-20-13-19(22-15-23-20)24-9-6-16(7-10-24)12-21(26)25-11-8-17-4-2-3-5-18(17)14-25/h2-5,13,15-16H,6-12,14H2,1H3. The molecule has 3 heterocycles. The van der Waals surface area contributed by atoms with Gasteiger partial charge < -0.3 is 14.5 Å². The summed E-state index contributed by atoms with van der Waals surface area (Å²) in [6.07, 6.45) is 5.20. The summed E-state index contributed by atoms with van der Waals surface area (Å²) in [5.41, 5.74) is 2.68. The van der Waals surface area contributed by atoms with Crippen LogP contribution in [0.25, 0.3) is 0 Å². The number of hydrogen-bond donors (Lipinski definition) is 0. The zero-order valence-corrected chi connectivity index (χ0v) is 15.8. The number of fused-ring (bicyclic) bond motifs is 1. The molecule has 1 amide bonds. The predicted octanol–water partition coefficient (Wildman–Crippen LogP) is 2.68. The van der Waals surface area contributed by atoms with E-state index in [0.29, 0.717) is 24.1 Å². The van der Waals surface area contributed by atoms with Crippen molar-refractivity contribution in [2.45, 2.75) is 32.2 Å². The van der Waals surface area contributed by atoms with Crippen molar-refractivity contribution < 1.29 is 9.53 Å². The van der Waals surface area contributed by atoms with Crippen LogP contribution in [0.15, 0.2) is 36.7 Å². The number of piperidine rings is 1. The van der Waals surface area contributed by atoms with Gasteiger partial charge in [-0.3, -0.25) is 4.79 Å². The van der Waals surface area contributed by atoms with Crippen LogP contribution in [0.2, 0.25) is 0 Å². The number of amides is 1. The van der Waals surface area contributed by atoms with Crippen LogP contribution in [0.3, 0.4) is 0 Å². The first-order chi connectivity index (χ1) is 13.2. The summed E-state index contributed by atoms with van der Waals surface area (Å²) >= 11 is 0. The molecule has 6 nitrogen and oxygen atoms in total. The highest BCUT2D eigenvalue weighted by atomic mass is 16.5. The van der Waals surface area contributed by atoms with Gasteiger partial charge in [0.05, 0.1) is 7.11 Å². The quantitative estimate of drug-likeness (QED) is 0.833. The average Bonchev–Trinajstić information content (AvgIpc) is 2.74. The maximum atomic E-state index is 12.8. The number of hydrogen-bond acceptors (Lipinski definition) is 5. The van der Waals surface area contributed by atoms with Gasteiger partial charge in [0.25, 0.3) is 0 Å². The molecule has 2 aromatic rings. The molecule has 1 fully saturated rings. The Kier molecular flexibility index (Phi) is 5.23. The second-order valence-electron chi connectivity index (χ2n) is 7.39. The molecule has 4 rings (SSSR count). The maximum Gasteiger partial charge on any atom is 0.223 e. The molecular weight excluding hydrogens is 340 g/mol. The van der Waals surface area contributed by atoms with Crippen molar-refractivity contribution in [3.63, 3.8) is 0 Å². The minimum atomic E-state index is 0.298. The van der Waals surface area contributed by atoms with Crippen molar-refractivity contribution in [3.8, 4) is 5.88 Å². The van der Waals surface area contributed by atoms with Crippen molar-refractivity contribution >= 4 is 11.7 Å². The lowest BCUT2D eigenvalue weighted by Crippen LogP contribution is -2.39. The fourth-order valence-electron chi connectivity index (χ4n) is 4.07. The number of nitrogens with zero attached hydrogens (tertiary/aromatic N) is 4. The molecule has 1 saturated heterocycles. The Hall–Kier alpha value is -2.63. The van der Waals surface area contributed by atoms with E-state index in [0.717, 1.165) is 51.3 Å².